The maximum absolute atomic E-state index is 11.8. The van der Waals surface area contributed by atoms with E-state index in [2.05, 4.69) is 43.1 Å². The van der Waals surface area contributed by atoms with Crippen molar-refractivity contribution in [3.63, 3.8) is 0 Å². The van der Waals surface area contributed by atoms with Crippen molar-refractivity contribution in [3.8, 4) is 0 Å². The molecule has 3 rings (SSSR count). The van der Waals surface area contributed by atoms with Crippen LogP contribution in [0.1, 0.15) is 62.7 Å². The molecule has 138 valence electrons. The average molecular weight is 352 g/mol. The molecule has 1 unspecified atom stereocenters. The molecule has 2 aromatic rings. The van der Waals surface area contributed by atoms with Crippen LogP contribution < -0.4 is 0 Å². The number of hydrogen-bond acceptors (Lipinski definition) is 4. The lowest BCUT2D eigenvalue weighted by molar-refractivity contribution is 0.0311. The highest BCUT2D eigenvalue weighted by molar-refractivity contribution is 5.73. The minimum absolute atomic E-state index is 0.0540. The van der Waals surface area contributed by atoms with Gasteiger partial charge in [0.05, 0.1) is 11.4 Å². The van der Waals surface area contributed by atoms with E-state index in [-0.39, 0.29) is 5.41 Å². The second-order valence-corrected chi connectivity index (χ2v) is 8.38. The second-order valence-electron chi connectivity index (χ2n) is 8.38. The number of allylic oxidation sites excluding steroid dienone is 2. The quantitative estimate of drug-likeness (QED) is 0.830. The Balaban J connectivity index is 2.08. The molecule has 0 saturated carbocycles. The zero-order chi connectivity index (χ0) is 18.9. The van der Waals surface area contributed by atoms with Crippen molar-refractivity contribution >= 4 is 5.57 Å². The molecule has 1 aliphatic carbocycles. The molecule has 1 N–H and O–H groups in total. The zero-order valence-electron chi connectivity index (χ0n) is 16.3. The number of pyridine rings is 1. The van der Waals surface area contributed by atoms with Gasteiger partial charge in [-0.05, 0) is 61.8 Å². The fraction of sp³-hybridized carbons (Fsp3) is 0.455. The van der Waals surface area contributed by atoms with Gasteiger partial charge in [-0.2, -0.15) is 0 Å². The predicted octanol–water partition coefficient (Wildman–Crippen LogP) is 5.11. The SMILES string of the molecule is Cc1noc(C)c1C1=CC(C(O)(CC(C)(C)C)c2ccccn2)=CCC1. The molecule has 4 nitrogen and oxygen atoms in total. The Hall–Kier alpha value is -2.20. The van der Waals surface area contributed by atoms with E-state index in [4.69, 9.17) is 4.52 Å². The lowest BCUT2D eigenvalue weighted by atomic mass is 9.73. The number of rotatable bonds is 4. The molecule has 1 aliphatic rings. The summed E-state index contributed by atoms with van der Waals surface area (Å²) in [4.78, 5) is 4.48. The number of aliphatic hydroxyl groups is 1. The first-order chi connectivity index (χ1) is 12.2. The third-order valence-electron chi connectivity index (χ3n) is 4.81. The monoisotopic (exact) mass is 352 g/mol. The topological polar surface area (TPSA) is 59.2 Å². The highest BCUT2D eigenvalue weighted by atomic mass is 16.5. The Labute approximate surface area is 155 Å². The number of hydrogen-bond donors (Lipinski definition) is 1. The van der Waals surface area contributed by atoms with Crippen molar-refractivity contribution in [2.24, 2.45) is 5.41 Å². The van der Waals surface area contributed by atoms with Crippen LogP contribution in [0.2, 0.25) is 0 Å². The van der Waals surface area contributed by atoms with Gasteiger partial charge >= 0.3 is 0 Å². The maximum atomic E-state index is 11.8. The highest BCUT2D eigenvalue weighted by Gasteiger charge is 2.39. The minimum Gasteiger partial charge on any atom is -0.379 e. The van der Waals surface area contributed by atoms with Gasteiger partial charge in [0.25, 0.3) is 0 Å². The van der Waals surface area contributed by atoms with Crippen LogP contribution in [-0.4, -0.2) is 15.2 Å². The van der Waals surface area contributed by atoms with Crippen LogP contribution in [0.3, 0.4) is 0 Å². The lowest BCUT2D eigenvalue weighted by Crippen LogP contribution is -2.34. The first-order valence-corrected chi connectivity index (χ1v) is 9.19. The highest BCUT2D eigenvalue weighted by Crippen LogP contribution is 2.43. The van der Waals surface area contributed by atoms with Crippen LogP contribution in [-0.2, 0) is 5.60 Å². The summed E-state index contributed by atoms with van der Waals surface area (Å²) in [6.45, 7) is 10.3. The van der Waals surface area contributed by atoms with E-state index in [0.717, 1.165) is 35.4 Å². The summed E-state index contributed by atoms with van der Waals surface area (Å²) >= 11 is 0. The van der Waals surface area contributed by atoms with E-state index in [1.165, 1.54) is 5.57 Å². The first-order valence-electron chi connectivity index (χ1n) is 9.19. The lowest BCUT2D eigenvalue weighted by Gasteiger charge is -2.36. The molecule has 2 aromatic heterocycles. The summed E-state index contributed by atoms with van der Waals surface area (Å²) in [7, 11) is 0. The van der Waals surface area contributed by atoms with Crippen LogP contribution in [0.4, 0.5) is 0 Å². The molecule has 0 spiro atoms. The molecule has 0 aromatic carbocycles. The molecule has 0 fully saturated rings. The Kier molecular flexibility index (Phi) is 4.89. The normalized spacial score (nSPS) is 17.5. The fourth-order valence-corrected chi connectivity index (χ4v) is 3.84. The van der Waals surface area contributed by atoms with E-state index in [9.17, 15) is 5.11 Å². The molecule has 26 heavy (non-hydrogen) atoms. The molecule has 0 saturated heterocycles. The number of aryl methyl sites for hydroxylation is 2. The largest absolute Gasteiger partial charge is 0.379 e. The van der Waals surface area contributed by atoms with Gasteiger partial charge in [-0.1, -0.05) is 44.1 Å². The van der Waals surface area contributed by atoms with Gasteiger partial charge in [0.15, 0.2) is 0 Å². The van der Waals surface area contributed by atoms with E-state index in [1.54, 1.807) is 6.20 Å². The Bertz CT molecular complexity index is 821. The third-order valence-corrected chi connectivity index (χ3v) is 4.81. The van der Waals surface area contributed by atoms with Crippen LogP contribution in [0, 0.1) is 19.3 Å². The van der Waals surface area contributed by atoms with Crippen molar-refractivity contribution in [2.45, 2.75) is 59.5 Å². The molecule has 0 aliphatic heterocycles. The van der Waals surface area contributed by atoms with Gasteiger partial charge in [-0.25, -0.2) is 0 Å². The molecule has 0 bridgehead atoms. The maximum Gasteiger partial charge on any atom is 0.141 e. The van der Waals surface area contributed by atoms with Gasteiger partial charge in [-0.3, -0.25) is 4.98 Å². The van der Waals surface area contributed by atoms with Crippen molar-refractivity contribution in [3.05, 3.63) is 64.8 Å². The molecule has 0 amide bonds. The van der Waals surface area contributed by atoms with E-state index in [1.807, 2.05) is 32.0 Å². The van der Waals surface area contributed by atoms with Crippen LogP contribution in [0.5, 0.6) is 0 Å². The summed E-state index contributed by atoms with van der Waals surface area (Å²) in [5.41, 5.74) is 3.56. The summed E-state index contributed by atoms with van der Waals surface area (Å²) in [5.74, 6) is 0.826. The second kappa shape index (κ2) is 6.84. The van der Waals surface area contributed by atoms with Crippen molar-refractivity contribution in [1.29, 1.82) is 0 Å². The van der Waals surface area contributed by atoms with Gasteiger partial charge < -0.3 is 9.63 Å². The molecule has 1 atom stereocenters. The van der Waals surface area contributed by atoms with Gasteiger partial charge in [-0.15, -0.1) is 0 Å². The average Bonchev–Trinajstić information content (AvgIpc) is 2.93. The third kappa shape index (κ3) is 3.65. The van der Waals surface area contributed by atoms with Crippen LogP contribution in [0.15, 0.2) is 46.6 Å². The molecular formula is C22H28N2O2. The van der Waals surface area contributed by atoms with Gasteiger partial charge in [0.2, 0.25) is 0 Å². The van der Waals surface area contributed by atoms with Crippen molar-refractivity contribution < 1.29 is 9.63 Å². The Morgan fingerprint density at radius 3 is 2.54 bits per heavy atom. The van der Waals surface area contributed by atoms with Crippen molar-refractivity contribution in [2.75, 3.05) is 0 Å². The van der Waals surface area contributed by atoms with E-state index < -0.39 is 5.60 Å². The summed E-state index contributed by atoms with van der Waals surface area (Å²) in [5, 5.41) is 15.9. The fourth-order valence-electron chi connectivity index (χ4n) is 3.84. The molecular weight excluding hydrogens is 324 g/mol. The zero-order valence-corrected chi connectivity index (χ0v) is 16.3. The number of nitrogens with zero attached hydrogens (tertiary/aromatic N) is 2. The van der Waals surface area contributed by atoms with Gasteiger partial charge in [0, 0.05) is 11.8 Å². The minimum atomic E-state index is -1.12. The van der Waals surface area contributed by atoms with Crippen LogP contribution in [0.25, 0.3) is 5.57 Å². The Morgan fingerprint density at radius 2 is 1.96 bits per heavy atom. The number of aromatic nitrogens is 2. The Morgan fingerprint density at radius 1 is 1.19 bits per heavy atom. The van der Waals surface area contributed by atoms with Crippen LogP contribution >= 0.6 is 0 Å². The van der Waals surface area contributed by atoms with E-state index >= 15 is 0 Å². The molecule has 2 heterocycles. The summed E-state index contributed by atoms with van der Waals surface area (Å²) < 4.78 is 5.35. The standard InChI is InChI=1S/C22H28N2O2/c1-15-20(16(2)26-24-15)17-9-8-10-18(13-17)22(25,14-21(3,4)5)19-11-6-7-12-23-19/h6-7,10-13,25H,8-9,14H2,1-5H3. The summed E-state index contributed by atoms with van der Waals surface area (Å²) in [6.07, 6.45) is 8.38. The smallest absolute Gasteiger partial charge is 0.141 e. The molecule has 0 radical (unpaired) electrons. The van der Waals surface area contributed by atoms with Gasteiger partial charge in [0.1, 0.15) is 11.4 Å². The van der Waals surface area contributed by atoms with Crippen molar-refractivity contribution in [1.82, 2.24) is 10.1 Å². The summed E-state index contributed by atoms with van der Waals surface area (Å²) in [6, 6.07) is 5.71. The van der Waals surface area contributed by atoms with E-state index in [0.29, 0.717) is 12.1 Å². The predicted molar refractivity (Wildman–Crippen MR) is 103 cm³/mol. The first kappa shape index (κ1) is 18.6. The molecule has 4 heteroatoms.